The first kappa shape index (κ1) is 14.8. The van der Waals surface area contributed by atoms with Crippen LogP contribution in [0.4, 0.5) is 5.69 Å². The van der Waals surface area contributed by atoms with Crippen LogP contribution in [-0.2, 0) is 4.79 Å². The Labute approximate surface area is 137 Å². The second-order valence-electron chi connectivity index (χ2n) is 4.84. The van der Waals surface area contributed by atoms with Crippen molar-refractivity contribution in [2.24, 2.45) is 0 Å². The quantitative estimate of drug-likeness (QED) is 0.789. The summed E-state index contributed by atoms with van der Waals surface area (Å²) in [7, 11) is 0. The molecule has 1 aliphatic heterocycles. The maximum atomic E-state index is 12.0. The number of hydrogen-bond donors (Lipinski definition) is 0. The summed E-state index contributed by atoms with van der Waals surface area (Å²) in [6.07, 6.45) is 3.65. The maximum Gasteiger partial charge on any atom is 0.299 e. The minimum atomic E-state index is -0.500. The maximum absolute atomic E-state index is 12.0. The van der Waals surface area contributed by atoms with Crippen molar-refractivity contribution >= 4 is 46.7 Å². The number of fused-ring (bicyclic) bond motifs is 1. The molecule has 0 spiro atoms. The van der Waals surface area contributed by atoms with Gasteiger partial charge in [-0.25, -0.2) is 0 Å². The van der Waals surface area contributed by atoms with Crippen molar-refractivity contribution < 1.29 is 9.59 Å². The minimum Gasteiger partial charge on any atom is -0.301 e. The van der Waals surface area contributed by atoms with E-state index in [1.54, 1.807) is 36.4 Å². The van der Waals surface area contributed by atoms with Gasteiger partial charge in [-0.05, 0) is 29.8 Å². The zero-order valence-electron chi connectivity index (χ0n) is 11.4. The van der Waals surface area contributed by atoms with Crippen LogP contribution in [-0.4, -0.2) is 18.2 Å². The van der Waals surface area contributed by atoms with Crippen LogP contribution in [0.15, 0.2) is 48.5 Å². The van der Waals surface area contributed by atoms with Crippen molar-refractivity contribution in [2.45, 2.75) is 0 Å². The summed E-state index contributed by atoms with van der Waals surface area (Å²) >= 11 is 11.8. The number of anilines is 1. The zero-order chi connectivity index (χ0) is 15.7. The van der Waals surface area contributed by atoms with Crippen LogP contribution >= 0.6 is 23.2 Å². The molecule has 0 unspecified atom stereocenters. The van der Waals surface area contributed by atoms with Gasteiger partial charge in [0.2, 0.25) is 0 Å². The molecule has 22 heavy (non-hydrogen) atoms. The normalized spacial score (nSPS) is 14.0. The average molecular weight is 332 g/mol. The molecular weight excluding hydrogens is 321 g/mol. The highest BCUT2D eigenvalue weighted by Gasteiger charge is 2.34. The summed E-state index contributed by atoms with van der Waals surface area (Å²) in [5.41, 5.74) is 1.98. The topological polar surface area (TPSA) is 37.4 Å². The third-order valence-electron chi connectivity index (χ3n) is 3.42. The molecule has 5 heteroatoms. The monoisotopic (exact) mass is 331 g/mol. The highest BCUT2D eigenvalue weighted by Crippen LogP contribution is 2.28. The van der Waals surface area contributed by atoms with Crippen LogP contribution in [0.2, 0.25) is 10.0 Å². The fraction of sp³-hybridized carbons (Fsp3) is 0.0588. The van der Waals surface area contributed by atoms with Crippen LogP contribution in [0.1, 0.15) is 15.9 Å². The van der Waals surface area contributed by atoms with Crippen LogP contribution in [0.3, 0.4) is 0 Å². The number of rotatable bonds is 3. The second kappa shape index (κ2) is 5.95. The number of hydrogen-bond acceptors (Lipinski definition) is 2. The zero-order valence-corrected chi connectivity index (χ0v) is 12.9. The first-order valence-electron chi connectivity index (χ1n) is 6.65. The van der Waals surface area contributed by atoms with E-state index in [0.717, 1.165) is 5.56 Å². The van der Waals surface area contributed by atoms with Crippen molar-refractivity contribution in [3.8, 4) is 0 Å². The van der Waals surface area contributed by atoms with Gasteiger partial charge in [0.15, 0.2) is 0 Å². The van der Waals surface area contributed by atoms with Gasteiger partial charge in [-0.2, -0.15) is 0 Å². The molecule has 2 aromatic carbocycles. The fourth-order valence-electron chi connectivity index (χ4n) is 2.34. The Morgan fingerprint density at radius 1 is 1.00 bits per heavy atom. The molecule has 3 rings (SSSR count). The standard InChI is InChI=1S/C17H11Cl2NO2/c18-13-8-7-11(10-14(13)19)4-3-9-20-15-6-2-1-5-12(15)16(21)17(20)22/h1-8,10H,9H2. The van der Waals surface area contributed by atoms with Gasteiger partial charge in [0.1, 0.15) is 0 Å². The largest absolute Gasteiger partial charge is 0.301 e. The molecule has 0 aliphatic carbocycles. The molecule has 0 fully saturated rings. The number of benzene rings is 2. The predicted molar refractivity (Wildman–Crippen MR) is 88.6 cm³/mol. The number of Topliss-reactive ketones (excluding diaryl/α,β-unsaturated/α-hetero) is 1. The average Bonchev–Trinajstić information content (AvgIpc) is 2.76. The molecule has 0 saturated carbocycles. The minimum absolute atomic E-state index is 0.321. The van der Waals surface area contributed by atoms with E-state index in [1.807, 2.05) is 18.2 Å². The van der Waals surface area contributed by atoms with Gasteiger partial charge in [0.25, 0.3) is 11.7 Å². The number of halogens is 2. The van der Waals surface area contributed by atoms with Crippen LogP contribution < -0.4 is 4.90 Å². The van der Waals surface area contributed by atoms with Gasteiger partial charge in [0, 0.05) is 6.54 Å². The highest BCUT2D eigenvalue weighted by molar-refractivity contribution is 6.52. The lowest BCUT2D eigenvalue weighted by Crippen LogP contribution is -2.29. The summed E-state index contributed by atoms with van der Waals surface area (Å²) in [5, 5.41) is 0.967. The molecule has 3 nitrogen and oxygen atoms in total. The van der Waals surface area contributed by atoms with Gasteiger partial charge in [-0.3, -0.25) is 9.59 Å². The summed E-state index contributed by atoms with van der Waals surface area (Å²) in [4.78, 5) is 25.3. The molecule has 0 saturated heterocycles. The lowest BCUT2D eigenvalue weighted by atomic mass is 10.1. The summed E-state index contributed by atoms with van der Waals surface area (Å²) in [6, 6.07) is 12.3. The van der Waals surface area contributed by atoms with Crippen LogP contribution in [0, 0.1) is 0 Å². The summed E-state index contributed by atoms with van der Waals surface area (Å²) in [5.74, 6) is -0.960. The van der Waals surface area contributed by atoms with Gasteiger partial charge in [0.05, 0.1) is 21.3 Å². The summed E-state index contributed by atoms with van der Waals surface area (Å²) < 4.78 is 0. The molecule has 0 aromatic heterocycles. The molecule has 1 aliphatic rings. The van der Waals surface area contributed by atoms with E-state index in [-0.39, 0.29) is 0 Å². The van der Waals surface area contributed by atoms with Crippen LogP contribution in [0.5, 0.6) is 0 Å². The molecule has 0 radical (unpaired) electrons. The van der Waals surface area contributed by atoms with Gasteiger partial charge >= 0.3 is 0 Å². The molecule has 0 bridgehead atoms. The Kier molecular flexibility index (Phi) is 4.01. The van der Waals surface area contributed by atoms with E-state index in [9.17, 15) is 9.59 Å². The molecule has 0 N–H and O–H groups in total. The predicted octanol–water partition coefficient (Wildman–Crippen LogP) is 4.24. The number of amides is 1. The molecule has 110 valence electrons. The lowest BCUT2D eigenvalue weighted by Gasteiger charge is -2.13. The first-order chi connectivity index (χ1) is 10.6. The third-order valence-corrected chi connectivity index (χ3v) is 4.16. The highest BCUT2D eigenvalue weighted by atomic mass is 35.5. The van der Waals surface area contributed by atoms with E-state index in [2.05, 4.69) is 0 Å². The SMILES string of the molecule is O=C1C(=O)N(CC=Cc2ccc(Cl)c(Cl)c2)c2ccccc21. The van der Waals surface area contributed by atoms with E-state index < -0.39 is 11.7 Å². The Morgan fingerprint density at radius 3 is 2.55 bits per heavy atom. The van der Waals surface area contributed by atoms with E-state index >= 15 is 0 Å². The number of carbonyl (C=O) groups excluding carboxylic acids is 2. The van der Waals surface area contributed by atoms with Crippen molar-refractivity contribution in [2.75, 3.05) is 11.4 Å². The molecular formula is C17H11Cl2NO2. The van der Waals surface area contributed by atoms with E-state index in [0.29, 0.717) is 27.8 Å². The first-order valence-corrected chi connectivity index (χ1v) is 7.40. The van der Waals surface area contributed by atoms with Gasteiger partial charge in [-0.1, -0.05) is 53.6 Å². The van der Waals surface area contributed by atoms with E-state index in [1.165, 1.54) is 4.90 Å². The smallest absolute Gasteiger partial charge is 0.299 e. The molecule has 1 amide bonds. The Morgan fingerprint density at radius 2 is 1.77 bits per heavy atom. The number of nitrogens with zero attached hydrogens (tertiary/aromatic N) is 1. The number of ketones is 1. The third kappa shape index (κ3) is 2.65. The molecule has 1 heterocycles. The van der Waals surface area contributed by atoms with Crippen molar-refractivity contribution in [1.29, 1.82) is 0 Å². The Hall–Kier alpha value is -2.10. The molecule has 2 aromatic rings. The van der Waals surface area contributed by atoms with Crippen molar-refractivity contribution in [3.63, 3.8) is 0 Å². The Bertz CT molecular complexity index is 799. The van der Waals surface area contributed by atoms with Crippen molar-refractivity contribution in [3.05, 3.63) is 69.7 Å². The summed E-state index contributed by atoms with van der Waals surface area (Å²) in [6.45, 7) is 0.321. The molecule has 0 atom stereocenters. The fourth-order valence-corrected chi connectivity index (χ4v) is 2.65. The van der Waals surface area contributed by atoms with Gasteiger partial charge < -0.3 is 4.90 Å². The second-order valence-corrected chi connectivity index (χ2v) is 5.65. The van der Waals surface area contributed by atoms with Gasteiger partial charge in [-0.15, -0.1) is 0 Å². The van der Waals surface area contributed by atoms with E-state index in [4.69, 9.17) is 23.2 Å². The number of para-hydroxylation sites is 1. The van der Waals surface area contributed by atoms with Crippen LogP contribution in [0.25, 0.3) is 6.08 Å². The van der Waals surface area contributed by atoms with Crippen molar-refractivity contribution in [1.82, 2.24) is 0 Å². The lowest BCUT2D eigenvalue weighted by molar-refractivity contribution is -0.114. The Balaban J connectivity index is 1.79. The number of carbonyl (C=O) groups is 2.